The fourth-order valence-electron chi connectivity index (χ4n) is 2.57. The van der Waals surface area contributed by atoms with E-state index >= 15 is 0 Å². The van der Waals surface area contributed by atoms with Crippen LogP contribution >= 0.6 is 0 Å². The van der Waals surface area contributed by atoms with Gasteiger partial charge in [-0.05, 0) is 12.8 Å². The van der Waals surface area contributed by atoms with Crippen molar-refractivity contribution < 1.29 is 9.59 Å². The standard InChI is InChI=1S/C8H16N2O.C6H12.C2H5NO/c1-9-8(11)10-7-5-3-2-4-6-7;1-2-4-6-5-3-1;1-2(3)4/h7H,2-6H2,1H3,(H2,9,10,11);1-6H2;1H3,(H2,3,4). The molecule has 21 heavy (non-hydrogen) atoms. The number of primary amides is 1. The number of urea groups is 1. The van der Waals surface area contributed by atoms with Gasteiger partial charge in [0.25, 0.3) is 0 Å². The van der Waals surface area contributed by atoms with Crippen LogP contribution in [0.25, 0.3) is 0 Å². The van der Waals surface area contributed by atoms with E-state index in [2.05, 4.69) is 16.4 Å². The maximum absolute atomic E-state index is 10.9. The van der Waals surface area contributed by atoms with Crippen LogP contribution in [0.2, 0.25) is 0 Å². The van der Waals surface area contributed by atoms with Crippen LogP contribution < -0.4 is 16.4 Å². The first kappa shape index (κ1) is 19.7. The molecular weight excluding hydrogens is 266 g/mol. The third-order valence-electron chi connectivity index (χ3n) is 3.67. The summed E-state index contributed by atoms with van der Waals surface area (Å²) in [6.07, 6.45) is 15.1. The van der Waals surface area contributed by atoms with Crippen molar-refractivity contribution in [1.29, 1.82) is 0 Å². The Morgan fingerprint density at radius 1 is 0.857 bits per heavy atom. The van der Waals surface area contributed by atoms with E-state index in [-0.39, 0.29) is 11.9 Å². The van der Waals surface area contributed by atoms with Gasteiger partial charge in [-0.1, -0.05) is 57.8 Å². The molecule has 5 nitrogen and oxygen atoms in total. The minimum Gasteiger partial charge on any atom is -0.370 e. The van der Waals surface area contributed by atoms with E-state index in [1.807, 2.05) is 0 Å². The number of carbonyl (C=O) groups excluding carboxylic acids is 2. The van der Waals surface area contributed by atoms with Gasteiger partial charge in [0.1, 0.15) is 0 Å². The summed E-state index contributed by atoms with van der Waals surface area (Å²) in [5, 5.41) is 5.48. The molecule has 0 aromatic carbocycles. The molecular formula is C16H33N3O2. The van der Waals surface area contributed by atoms with Gasteiger partial charge in [-0.25, -0.2) is 4.79 Å². The van der Waals surface area contributed by atoms with Crippen LogP contribution in [0.15, 0.2) is 0 Å². The zero-order valence-electron chi connectivity index (χ0n) is 13.7. The van der Waals surface area contributed by atoms with Crippen molar-refractivity contribution in [1.82, 2.24) is 10.6 Å². The monoisotopic (exact) mass is 299 g/mol. The Kier molecular flexibility index (Phi) is 12.9. The molecule has 3 amide bonds. The Bertz CT molecular complexity index is 257. The number of carbonyl (C=O) groups is 2. The summed E-state index contributed by atoms with van der Waals surface area (Å²) in [6.45, 7) is 1.31. The normalized spacial score (nSPS) is 18.2. The molecule has 4 N–H and O–H groups in total. The predicted octanol–water partition coefficient (Wildman–Crippen LogP) is 3.08. The minimum absolute atomic E-state index is 0.0445. The molecule has 0 spiro atoms. The van der Waals surface area contributed by atoms with Gasteiger partial charge in [0.05, 0.1) is 0 Å². The summed E-state index contributed by atoms with van der Waals surface area (Å²) in [5.41, 5.74) is 4.47. The van der Waals surface area contributed by atoms with Crippen molar-refractivity contribution in [2.24, 2.45) is 5.73 Å². The fourth-order valence-corrected chi connectivity index (χ4v) is 2.57. The highest BCUT2D eigenvalue weighted by Crippen LogP contribution is 2.17. The number of hydrogen-bond acceptors (Lipinski definition) is 2. The van der Waals surface area contributed by atoms with Crippen molar-refractivity contribution in [3.8, 4) is 0 Å². The summed E-state index contributed by atoms with van der Waals surface area (Å²) < 4.78 is 0. The van der Waals surface area contributed by atoms with Crippen molar-refractivity contribution in [2.45, 2.75) is 83.6 Å². The lowest BCUT2D eigenvalue weighted by molar-refractivity contribution is -0.115. The van der Waals surface area contributed by atoms with E-state index in [1.165, 1.54) is 64.7 Å². The molecule has 0 heterocycles. The molecule has 2 aliphatic carbocycles. The minimum atomic E-state index is -0.333. The average molecular weight is 299 g/mol. The molecule has 0 atom stereocenters. The molecule has 2 aliphatic rings. The lowest BCUT2D eigenvalue weighted by atomic mass is 9.96. The van der Waals surface area contributed by atoms with E-state index < -0.39 is 0 Å². The number of amides is 3. The molecule has 0 aromatic heterocycles. The van der Waals surface area contributed by atoms with E-state index in [9.17, 15) is 9.59 Å². The largest absolute Gasteiger partial charge is 0.370 e. The third kappa shape index (κ3) is 15.0. The van der Waals surface area contributed by atoms with E-state index in [4.69, 9.17) is 0 Å². The highest BCUT2D eigenvalue weighted by molar-refractivity contribution is 5.73. The van der Waals surface area contributed by atoms with Crippen LogP contribution in [0.5, 0.6) is 0 Å². The molecule has 124 valence electrons. The molecule has 5 heteroatoms. The number of nitrogens with one attached hydrogen (secondary N) is 2. The van der Waals surface area contributed by atoms with Gasteiger partial charge in [0, 0.05) is 20.0 Å². The second-order valence-corrected chi connectivity index (χ2v) is 5.79. The number of nitrogens with two attached hydrogens (primary N) is 1. The number of rotatable bonds is 1. The van der Waals surface area contributed by atoms with Crippen molar-refractivity contribution in [3.63, 3.8) is 0 Å². The lowest BCUT2D eigenvalue weighted by Crippen LogP contribution is -2.41. The van der Waals surface area contributed by atoms with Gasteiger partial charge in [-0.15, -0.1) is 0 Å². The molecule has 2 rings (SSSR count). The lowest BCUT2D eigenvalue weighted by Gasteiger charge is -2.22. The fraction of sp³-hybridized carbons (Fsp3) is 0.875. The van der Waals surface area contributed by atoms with Crippen LogP contribution in [0.3, 0.4) is 0 Å². The number of hydrogen-bond donors (Lipinski definition) is 3. The zero-order valence-corrected chi connectivity index (χ0v) is 13.7. The second-order valence-electron chi connectivity index (χ2n) is 5.79. The maximum atomic E-state index is 10.9. The molecule has 0 radical (unpaired) electrons. The Morgan fingerprint density at radius 3 is 1.52 bits per heavy atom. The Hall–Kier alpha value is -1.26. The molecule has 0 saturated heterocycles. The van der Waals surface area contributed by atoms with E-state index in [1.54, 1.807) is 7.05 Å². The summed E-state index contributed by atoms with van der Waals surface area (Å²) in [6, 6.07) is 0.376. The molecule has 2 fully saturated rings. The molecule has 2 saturated carbocycles. The smallest absolute Gasteiger partial charge is 0.314 e. The van der Waals surface area contributed by atoms with Crippen LogP contribution in [-0.4, -0.2) is 25.0 Å². The predicted molar refractivity (Wildman–Crippen MR) is 87.0 cm³/mol. The van der Waals surface area contributed by atoms with Gasteiger partial charge in [0.15, 0.2) is 0 Å². The van der Waals surface area contributed by atoms with Crippen molar-refractivity contribution >= 4 is 11.9 Å². The van der Waals surface area contributed by atoms with Gasteiger partial charge in [-0.2, -0.15) is 0 Å². The summed E-state index contributed by atoms with van der Waals surface area (Å²) >= 11 is 0. The Morgan fingerprint density at radius 2 is 1.19 bits per heavy atom. The van der Waals surface area contributed by atoms with Crippen LogP contribution in [0.4, 0.5) is 4.79 Å². The molecule has 0 bridgehead atoms. The van der Waals surface area contributed by atoms with Crippen LogP contribution in [-0.2, 0) is 4.79 Å². The highest BCUT2D eigenvalue weighted by Gasteiger charge is 2.14. The second kappa shape index (κ2) is 13.7. The molecule has 0 unspecified atom stereocenters. The first-order valence-electron chi connectivity index (χ1n) is 8.30. The van der Waals surface area contributed by atoms with E-state index in [0.717, 1.165) is 12.8 Å². The van der Waals surface area contributed by atoms with Gasteiger partial charge >= 0.3 is 6.03 Å². The first-order chi connectivity index (χ1) is 10.1. The Labute approximate surface area is 129 Å². The molecule has 0 aliphatic heterocycles. The summed E-state index contributed by atoms with van der Waals surface area (Å²) in [7, 11) is 1.65. The Balaban J connectivity index is 0.000000335. The maximum Gasteiger partial charge on any atom is 0.314 e. The quantitative estimate of drug-likeness (QED) is 0.695. The SMILES string of the molecule is C1CCCCC1.CC(N)=O.CNC(=O)NC1CCCCC1. The van der Waals surface area contributed by atoms with Gasteiger partial charge in [-0.3, -0.25) is 4.79 Å². The van der Waals surface area contributed by atoms with Crippen molar-refractivity contribution in [2.75, 3.05) is 7.05 Å². The van der Waals surface area contributed by atoms with Gasteiger partial charge < -0.3 is 16.4 Å². The van der Waals surface area contributed by atoms with Crippen LogP contribution in [0.1, 0.15) is 77.6 Å². The third-order valence-corrected chi connectivity index (χ3v) is 3.67. The van der Waals surface area contributed by atoms with Gasteiger partial charge in [0.2, 0.25) is 5.91 Å². The van der Waals surface area contributed by atoms with Crippen molar-refractivity contribution in [3.05, 3.63) is 0 Å². The topological polar surface area (TPSA) is 84.2 Å². The van der Waals surface area contributed by atoms with E-state index in [0.29, 0.717) is 6.04 Å². The average Bonchev–Trinajstić information content (AvgIpc) is 2.50. The summed E-state index contributed by atoms with van der Waals surface area (Å²) in [4.78, 5) is 20.1. The highest BCUT2D eigenvalue weighted by atomic mass is 16.2. The molecule has 0 aromatic rings. The van der Waals surface area contributed by atoms with Crippen LogP contribution in [0, 0.1) is 0 Å². The first-order valence-corrected chi connectivity index (χ1v) is 8.30. The zero-order chi connectivity index (χ0) is 15.9. The summed E-state index contributed by atoms with van der Waals surface area (Å²) in [5.74, 6) is -0.333.